The van der Waals surface area contributed by atoms with Crippen molar-refractivity contribution in [3.8, 4) is 0 Å². The number of carbonyl (C=O) groups is 1. The van der Waals surface area contributed by atoms with Gasteiger partial charge in [0.15, 0.2) is 0 Å². The molecule has 2 fully saturated rings. The summed E-state index contributed by atoms with van der Waals surface area (Å²) < 4.78 is 5.49. The Morgan fingerprint density at radius 2 is 2.12 bits per heavy atom. The summed E-state index contributed by atoms with van der Waals surface area (Å²) in [7, 11) is 0. The molecule has 1 saturated heterocycles. The van der Waals surface area contributed by atoms with E-state index in [-0.39, 0.29) is 24.0 Å². The Balaban J connectivity index is 1.74. The summed E-state index contributed by atoms with van der Waals surface area (Å²) in [5.74, 6) is -0.0253. The van der Waals surface area contributed by atoms with Crippen molar-refractivity contribution >= 4 is 5.91 Å². The van der Waals surface area contributed by atoms with E-state index in [9.17, 15) is 4.79 Å². The number of ether oxygens (including phenoxy) is 1. The zero-order chi connectivity index (χ0) is 11.4. The van der Waals surface area contributed by atoms with Crippen molar-refractivity contribution in [2.24, 2.45) is 5.92 Å². The number of carbonyl (C=O) groups excluding carboxylic acids is 1. The second-order valence-corrected chi connectivity index (χ2v) is 4.70. The van der Waals surface area contributed by atoms with E-state index in [1.807, 2.05) is 6.92 Å². The van der Waals surface area contributed by atoms with Gasteiger partial charge >= 0.3 is 0 Å². The minimum atomic E-state index is -0.0218. The number of hydroxylamine groups is 1. The maximum Gasteiger partial charge on any atom is 0.249 e. The van der Waals surface area contributed by atoms with Crippen LogP contribution in [0.2, 0.25) is 0 Å². The molecule has 0 spiro atoms. The van der Waals surface area contributed by atoms with Crippen LogP contribution in [0.3, 0.4) is 0 Å². The standard InChI is InChI=1S/C12H21NO3/c1-2-11-10(7-8-15-11)12(14)13-16-9-5-3-4-6-9/h9-11H,2-8H2,1H3,(H,13,14). The molecule has 1 saturated carbocycles. The zero-order valence-electron chi connectivity index (χ0n) is 9.91. The average Bonchev–Trinajstić information content (AvgIpc) is 2.96. The van der Waals surface area contributed by atoms with Crippen LogP contribution >= 0.6 is 0 Å². The topological polar surface area (TPSA) is 47.6 Å². The summed E-state index contributed by atoms with van der Waals surface area (Å²) in [6.07, 6.45) is 6.57. The van der Waals surface area contributed by atoms with Gasteiger partial charge in [0.1, 0.15) is 0 Å². The fourth-order valence-electron chi connectivity index (χ4n) is 2.57. The van der Waals surface area contributed by atoms with Crippen molar-refractivity contribution in [2.45, 2.75) is 57.7 Å². The first-order chi connectivity index (χ1) is 7.81. The predicted octanol–water partition coefficient (Wildman–Crippen LogP) is 1.79. The Morgan fingerprint density at radius 1 is 1.38 bits per heavy atom. The van der Waals surface area contributed by atoms with Crippen LogP contribution in [-0.2, 0) is 14.4 Å². The second-order valence-electron chi connectivity index (χ2n) is 4.70. The van der Waals surface area contributed by atoms with Gasteiger partial charge in [-0.3, -0.25) is 9.63 Å². The van der Waals surface area contributed by atoms with Crippen LogP contribution in [0.4, 0.5) is 0 Å². The van der Waals surface area contributed by atoms with Crippen LogP contribution < -0.4 is 5.48 Å². The number of hydrogen-bond donors (Lipinski definition) is 1. The molecule has 0 aromatic carbocycles. The molecular weight excluding hydrogens is 206 g/mol. The van der Waals surface area contributed by atoms with Gasteiger partial charge in [-0.05, 0) is 25.7 Å². The molecule has 2 aliphatic rings. The molecule has 0 aromatic rings. The third kappa shape index (κ3) is 2.74. The average molecular weight is 227 g/mol. The van der Waals surface area contributed by atoms with Crippen LogP contribution in [0.5, 0.6) is 0 Å². The minimum Gasteiger partial charge on any atom is -0.377 e. The summed E-state index contributed by atoms with van der Waals surface area (Å²) in [5.41, 5.74) is 2.61. The molecule has 2 unspecified atom stereocenters. The monoisotopic (exact) mass is 227 g/mol. The van der Waals surface area contributed by atoms with Crippen molar-refractivity contribution < 1.29 is 14.4 Å². The highest BCUT2D eigenvalue weighted by atomic mass is 16.7. The van der Waals surface area contributed by atoms with E-state index >= 15 is 0 Å². The lowest BCUT2D eigenvalue weighted by Gasteiger charge is -2.18. The highest BCUT2D eigenvalue weighted by Gasteiger charge is 2.33. The van der Waals surface area contributed by atoms with Gasteiger partial charge in [-0.1, -0.05) is 19.8 Å². The largest absolute Gasteiger partial charge is 0.377 e. The maximum atomic E-state index is 11.9. The van der Waals surface area contributed by atoms with Gasteiger partial charge in [0.05, 0.1) is 18.1 Å². The van der Waals surface area contributed by atoms with E-state index < -0.39 is 0 Å². The third-order valence-corrected chi connectivity index (χ3v) is 3.58. The van der Waals surface area contributed by atoms with E-state index in [0.29, 0.717) is 6.61 Å². The molecule has 92 valence electrons. The smallest absolute Gasteiger partial charge is 0.249 e. The quantitative estimate of drug-likeness (QED) is 0.745. The van der Waals surface area contributed by atoms with Gasteiger partial charge in [0.2, 0.25) is 5.91 Å². The summed E-state index contributed by atoms with van der Waals surface area (Å²) in [4.78, 5) is 17.3. The molecule has 4 heteroatoms. The first kappa shape index (κ1) is 11.9. The SMILES string of the molecule is CCC1OCCC1C(=O)NOC1CCCC1. The van der Waals surface area contributed by atoms with Gasteiger partial charge in [0.25, 0.3) is 0 Å². The second kappa shape index (κ2) is 5.64. The van der Waals surface area contributed by atoms with E-state index in [4.69, 9.17) is 9.57 Å². The van der Waals surface area contributed by atoms with E-state index in [1.54, 1.807) is 0 Å². The van der Waals surface area contributed by atoms with Crippen molar-refractivity contribution in [2.75, 3.05) is 6.61 Å². The van der Waals surface area contributed by atoms with Crippen molar-refractivity contribution in [3.05, 3.63) is 0 Å². The van der Waals surface area contributed by atoms with E-state index in [1.165, 1.54) is 12.8 Å². The number of amides is 1. The van der Waals surface area contributed by atoms with Crippen molar-refractivity contribution in [1.29, 1.82) is 0 Å². The van der Waals surface area contributed by atoms with Crippen molar-refractivity contribution in [3.63, 3.8) is 0 Å². The normalized spacial score (nSPS) is 30.8. The Hall–Kier alpha value is -0.610. The van der Waals surface area contributed by atoms with Gasteiger partial charge in [-0.2, -0.15) is 0 Å². The van der Waals surface area contributed by atoms with E-state index in [2.05, 4.69) is 5.48 Å². The van der Waals surface area contributed by atoms with Gasteiger partial charge in [0, 0.05) is 6.61 Å². The van der Waals surface area contributed by atoms with Crippen molar-refractivity contribution in [1.82, 2.24) is 5.48 Å². The Morgan fingerprint density at radius 3 is 2.81 bits per heavy atom. The molecule has 4 nitrogen and oxygen atoms in total. The first-order valence-electron chi connectivity index (χ1n) is 6.38. The molecule has 1 aliphatic heterocycles. The Bertz CT molecular complexity index is 238. The third-order valence-electron chi connectivity index (χ3n) is 3.58. The molecule has 2 atom stereocenters. The summed E-state index contributed by atoms with van der Waals surface area (Å²) in [6.45, 7) is 2.74. The molecule has 2 rings (SSSR count). The lowest BCUT2D eigenvalue weighted by molar-refractivity contribution is -0.144. The number of nitrogens with one attached hydrogen (secondary N) is 1. The summed E-state index contributed by atoms with van der Waals surface area (Å²) >= 11 is 0. The summed E-state index contributed by atoms with van der Waals surface area (Å²) in [6, 6.07) is 0. The van der Waals surface area contributed by atoms with Gasteiger partial charge in [-0.25, -0.2) is 5.48 Å². The molecule has 16 heavy (non-hydrogen) atoms. The van der Waals surface area contributed by atoms with Gasteiger partial charge in [-0.15, -0.1) is 0 Å². The Kier molecular flexibility index (Phi) is 4.18. The van der Waals surface area contributed by atoms with Crippen LogP contribution in [0.15, 0.2) is 0 Å². The zero-order valence-corrected chi connectivity index (χ0v) is 9.91. The molecular formula is C12H21NO3. The molecule has 0 aromatic heterocycles. The van der Waals surface area contributed by atoms with Crippen LogP contribution in [0.1, 0.15) is 45.4 Å². The number of rotatable bonds is 4. The van der Waals surface area contributed by atoms with Crippen LogP contribution in [0.25, 0.3) is 0 Å². The van der Waals surface area contributed by atoms with Crippen LogP contribution in [0, 0.1) is 5.92 Å². The highest BCUT2D eigenvalue weighted by molar-refractivity contribution is 5.78. The molecule has 0 bridgehead atoms. The lowest BCUT2D eigenvalue weighted by Crippen LogP contribution is -2.37. The fraction of sp³-hybridized carbons (Fsp3) is 0.917. The maximum absolute atomic E-state index is 11.9. The Labute approximate surface area is 96.6 Å². The molecule has 1 amide bonds. The lowest BCUT2D eigenvalue weighted by atomic mass is 9.99. The molecule has 0 radical (unpaired) electrons. The fourth-order valence-corrected chi connectivity index (χ4v) is 2.57. The summed E-state index contributed by atoms with van der Waals surface area (Å²) in [5, 5.41) is 0. The number of hydrogen-bond acceptors (Lipinski definition) is 3. The van der Waals surface area contributed by atoms with Gasteiger partial charge < -0.3 is 4.74 Å². The van der Waals surface area contributed by atoms with E-state index in [0.717, 1.165) is 25.7 Å². The highest BCUT2D eigenvalue weighted by Crippen LogP contribution is 2.24. The molecule has 1 heterocycles. The predicted molar refractivity (Wildman–Crippen MR) is 59.6 cm³/mol. The molecule has 1 aliphatic carbocycles. The first-order valence-corrected chi connectivity index (χ1v) is 6.38. The minimum absolute atomic E-state index is 0.00347. The van der Waals surface area contributed by atoms with Crippen LogP contribution in [-0.4, -0.2) is 24.7 Å². The molecule has 1 N–H and O–H groups in total.